The number of carbonyl (C=O) groups excluding carboxylic acids is 1. The van der Waals surface area contributed by atoms with Crippen LogP contribution < -0.4 is 10.2 Å². The van der Waals surface area contributed by atoms with Crippen molar-refractivity contribution >= 4 is 23.0 Å². The van der Waals surface area contributed by atoms with E-state index in [0.717, 1.165) is 17.3 Å². The standard InChI is InChI=1S/C16H14F2N2O/c1-10-4-2-3-5-13(10)20-9-8-14(21)19-12-7-6-11(17)15(18)16(12)20/h2-7H,8-9H2,1H3,(H,19,21). The molecule has 0 radical (unpaired) electrons. The van der Waals surface area contributed by atoms with Gasteiger partial charge in [-0.05, 0) is 30.7 Å². The monoisotopic (exact) mass is 288 g/mol. The van der Waals surface area contributed by atoms with E-state index in [1.807, 2.05) is 31.2 Å². The lowest BCUT2D eigenvalue weighted by molar-refractivity contribution is -0.115. The number of fused-ring (bicyclic) bond motifs is 1. The molecule has 0 bridgehead atoms. The Balaban J connectivity index is 2.22. The van der Waals surface area contributed by atoms with E-state index in [4.69, 9.17) is 0 Å². The minimum Gasteiger partial charge on any atom is -0.337 e. The topological polar surface area (TPSA) is 32.3 Å². The fraction of sp³-hybridized carbons (Fsp3) is 0.188. The van der Waals surface area contributed by atoms with Gasteiger partial charge in [0.05, 0.1) is 5.69 Å². The molecular formula is C16H14F2N2O. The van der Waals surface area contributed by atoms with Gasteiger partial charge in [-0.3, -0.25) is 4.79 Å². The van der Waals surface area contributed by atoms with E-state index in [1.165, 1.54) is 6.07 Å². The first-order chi connectivity index (χ1) is 10.1. The van der Waals surface area contributed by atoms with Crippen molar-refractivity contribution in [1.29, 1.82) is 0 Å². The maximum absolute atomic E-state index is 14.3. The first-order valence-electron chi connectivity index (χ1n) is 6.69. The molecule has 0 fully saturated rings. The van der Waals surface area contributed by atoms with Gasteiger partial charge in [0, 0.05) is 18.7 Å². The fourth-order valence-electron chi connectivity index (χ4n) is 2.55. The Morgan fingerprint density at radius 3 is 2.67 bits per heavy atom. The summed E-state index contributed by atoms with van der Waals surface area (Å²) in [6, 6.07) is 9.85. The number of anilines is 3. The molecule has 2 aromatic rings. The highest BCUT2D eigenvalue weighted by Gasteiger charge is 2.26. The van der Waals surface area contributed by atoms with Gasteiger partial charge in [0.1, 0.15) is 5.69 Å². The van der Waals surface area contributed by atoms with Crippen LogP contribution in [-0.4, -0.2) is 12.5 Å². The van der Waals surface area contributed by atoms with Crippen molar-refractivity contribution in [2.75, 3.05) is 16.8 Å². The highest BCUT2D eigenvalue weighted by atomic mass is 19.2. The largest absolute Gasteiger partial charge is 0.337 e. The van der Waals surface area contributed by atoms with Gasteiger partial charge in [-0.2, -0.15) is 0 Å². The summed E-state index contributed by atoms with van der Waals surface area (Å²) < 4.78 is 27.9. The smallest absolute Gasteiger partial charge is 0.226 e. The molecule has 0 spiro atoms. The van der Waals surface area contributed by atoms with Gasteiger partial charge in [-0.25, -0.2) is 8.78 Å². The first-order valence-corrected chi connectivity index (χ1v) is 6.69. The molecule has 0 aliphatic carbocycles. The molecule has 0 aromatic heterocycles. The van der Waals surface area contributed by atoms with E-state index in [2.05, 4.69) is 5.32 Å². The van der Waals surface area contributed by atoms with Crippen molar-refractivity contribution in [2.45, 2.75) is 13.3 Å². The van der Waals surface area contributed by atoms with Gasteiger partial charge >= 0.3 is 0 Å². The number of hydrogen-bond acceptors (Lipinski definition) is 2. The normalized spacial score (nSPS) is 14.4. The Bertz CT molecular complexity index is 715. The molecule has 5 heteroatoms. The van der Waals surface area contributed by atoms with Crippen LogP contribution in [0.1, 0.15) is 12.0 Å². The van der Waals surface area contributed by atoms with Crippen LogP contribution in [0, 0.1) is 18.6 Å². The van der Waals surface area contributed by atoms with Crippen LogP contribution in [0.15, 0.2) is 36.4 Å². The summed E-state index contributed by atoms with van der Waals surface area (Å²) >= 11 is 0. The van der Waals surface area contributed by atoms with Crippen molar-refractivity contribution in [3.63, 3.8) is 0 Å². The average molecular weight is 288 g/mol. The number of para-hydroxylation sites is 1. The fourth-order valence-corrected chi connectivity index (χ4v) is 2.55. The van der Waals surface area contributed by atoms with Crippen molar-refractivity contribution in [2.24, 2.45) is 0 Å². The van der Waals surface area contributed by atoms with Crippen LogP contribution in [0.2, 0.25) is 0 Å². The number of aryl methyl sites for hydroxylation is 1. The molecule has 0 atom stereocenters. The number of halogens is 2. The van der Waals surface area contributed by atoms with E-state index >= 15 is 0 Å². The quantitative estimate of drug-likeness (QED) is 0.866. The molecule has 1 heterocycles. The van der Waals surface area contributed by atoms with Gasteiger partial charge < -0.3 is 10.2 Å². The Morgan fingerprint density at radius 2 is 1.90 bits per heavy atom. The lowest BCUT2D eigenvalue weighted by Gasteiger charge is -2.26. The molecule has 21 heavy (non-hydrogen) atoms. The third-order valence-electron chi connectivity index (χ3n) is 3.58. The van der Waals surface area contributed by atoms with Crippen LogP contribution in [0.3, 0.4) is 0 Å². The maximum Gasteiger partial charge on any atom is 0.226 e. The van der Waals surface area contributed by atoms with Crippen LogP contribution in [-0.2, 0) is 4.79 Å². The van der Waals surface area contributed by atoms with Gasteiger partial charge in [-0.15, -0.1) is 0 Å². The van der Waals surface area contributed by atoms with E-state index in [9.17, 15) is 13.6 Å². The highest BCUT2D eigenvalue weighted by Crippen LogP contribution is 2.38. The second kappa shape index (κ2) is 5.16. The molecule has 3 rings (SSSR count). The summed E-state index contributed by atoms with van der Waals surface area (Å²) in [6.07, 6.45) is 0.212. The number of hydrogen-bond donors (Lipinski definition) is 1. The van der Waals surface area contributed by atoms with Gasteiger partial charge in [0.25, 0.3) is 0 Å². The van der Waals surface area contributed by atoms with Crippen LogP contribution >= 0.6 is 0 Å². The molecule has 108 valence electrons. The third kappa shape index (κ3) is 2.35. The molecule has 1 amide bonds. The summed E-state index contributed by atoms with van der Waals surface area (Å²) in [4.78, 5) is 13.4. The molecule has 0 saturated carbocycles. The van der Waals surface area contributed by atoms with Crippen molar-refractivity contribution in [1.82, 2.24) is 0 Å². The average Bonchev–Trinajstić information content (AvgIpc) is 2.63. The Kier molecular flexibility index (Phi) is 3.33. The molecule has 0 unspecified atom stereocenters. The predicted molar refractivity (Wildman–Crippen MR) is 77.8 cm³/mol. The van der Waals surface area contributed by atoms with E-state index < -0.39 is 11.6 Å². The number of rotatable bonds is 1. The SMILES string of the molecule is Cc1ccccc1N1CCC(=O)Nc2ccc(F)c(F)c21. The number of nitrogens with one attached hydrogen (secondary N) is 1. The van der Waals surface area contributed by atoms with Crippen molar-refractivity contribution in [3.8, 4) is 0 Å². The molecule has 0 saturated heterocycles. The summed E-state index contributed by atoms with van der Waals surface area (Å²) in [6.45, 7) is 2.19. The van der Waals surface area contributed by atoms with Crippen LogP contribution in [0.5, 0.6) is 0 Å². The Morgan fingerprint density at radius 1 is 1.14 bits per heavy atom. The molecule has 2 aromatic carbocycles. The molecule has 3 nitrogen and oxygen atoms in total. The zero-order chi connectivity index (χ0) is 15.0. The minimum absolute atomic E-state index is 0.0788. The number of nitrogens with zero attached hydrogens (tertiary/aromatic N) is 1. The summed E-state index contributed by atoms with van der Waals surface area (Å²) in [5.41, 5.74) is 2.07. The minimum atomic E-state index is -0.946. The molecule has 1 aliphatic heterocycles. The highest BCUT2D eigenvalue weighted by molar-refractivity contribution is 5.97. The Hall–Kier alpha value is -2.43. The second-order valence-corrected chi connectivity index (χ2v) is 4.99. The maximum atomic E-state index is 14.3. The molecular weight excluding hydrogens is 274 g/mol. The van der Waals surface area contributed by atoms with E-state index in [0.29, 0.717) is 12.2 Å². The van der Waals surface area contributed by atoms with Gasteiger partial charge in [0.15, 0.2) is 11.6 Å². The number of amides is 1. The van der Waals surface area contributed by atoms with Crippen molar-refractivity contribution in [3.05, 3.63) is 53.6 Å². The molecule has 1 aliphatic rings. The van der Waals surface area contributed by atoms with Crippen LogP contribution in [0.4, 0.5) is 25.8 Å². The predicted octanol–water partition coefficient (Wildman–Crippen LogP) is 3.75. The lowest BCUT2D eigenvalue weighted by atomic mass is 10.1. The van der Waals surface area contributed by atoms with Crippen LogP contribution in [0.25, 0.3) is 0 Å². The van der Waals surface area contributed by atoms with Gasteiger partial charge in [0.2, 0.25) is 5.91 Å². The summed E-state index contributed by atoms with van der Waals surface area (Å²) in [7, 11) is 0. The van der Waals surface area contributed by atoms with E-state index in [1.54, 1.807) is 4.90 Å². The van der Waals surface area contributed by atoms with Gasteiger partial charge in [-0.1, -0.05) is 18.2 Å². The third-order valence-corrected chi connectivity index (χ3v) is 3.58. The number of benzene rings is 2. The Labute approximate surface area is 121 Å². The second-order valence-electron chi connectivity index (χ2n) is 4.99. The zero-order valence-electron chi connectivity index (χ0n) is 11.5. The lowest BCUT2D eigenvalue weighted by Crippen LogP contribution is -2.21. The summed E-state index contributed by atoms with van der Waals surface area (Å²) in [5.74, 6) is -2.08. The first kappa shape index (κ1) is 13.5. The number of carbonyl (C=O) groups is 1. The zero-order valence-corrected chi connectivity index (χ0v) is 11.5. The molecule has 1 N–H and O–H groups in total. The van der Waals surface area contributed by atoms with E-state index in [-0.39, 0.29) is 18.0 Å². The summed E-state index contributed by atoms with van der Waals surface area (Å²) in [5, 5.41) is 2.62. The van der Waals surface area contributed by atoms with Crippen molar-refractivity contribution < 1.29 is 13.6 Å².